The summed E-state index contributed by atoms with van der Waals surface area (Å²) in [5.74, 6) is 2.56. The van der Waals surface area contributed by atoms with E-state index in [2.05, 4.69) is 45.2 Å². The van der Waals surface area contributed by atoms with Crippen molar-refractivity contribution in [2.45, 2.75) is 103 Å². The molecule has 2 aromatic rings. The fourth-order valence-corrected chi connectivity index (χ4v) is 7.53. The summed E-state index contributed by atoms with van der Waals surface area (Å²) in [7, 11) is 0. The van der Waals surface area contributed by atoms with E-state index in [1.807, 2.05) is 12.1 Å². The third-order valence-corrected chi connectivity index (χ3v) is 10.5. The van der Waals surface area contributed by atoms with Gasteiger partial charge in [0.05, 0.1) is 24.4 Å². The highest BCUT2D eigenvalue weighted by atomic mass is 16.7. The summed E-state index contributed by atoms with van der Waals surface area (Å²) in [5, 5.41) is 18.3. The van der Waals surface area contributed by atoms with Crippen molar-refractivity contribution < 1.29 is 38.7 Å². The maximum Gasteiger partial charge on any atom is 0.338 e. The molecule has 2 fully saturated rings. The van der Waals surface area contributed by atoms with Crippen LogP contribution in [0.3, 0.4) is 0 Å². The Labute approximate surface area is 292 Å². The van der Waals surface area contributed by atoms with Gasteiger partial charge in [0.15, 0.2) is 0 Å². The van der Waals surface area contributed by atoms with E-state index in [1.54, 1.807) is 6.07 Å². The fraction of sp³-hybridized carbons (Fsp3) is 0.561. The highest BCUT2D eigenvalue weighted by Gasteiger charge is 2.31. The van der Waals surface area contributed by atoms with Gasteiger partial charge in [-0.05, 0) is 103 Å². The third kappa shape index (κ3) is 11.2. The van der Waals surface area contributed by atoms with Crippen LogP contribution < -0.4 is 9.47 Å². The molecule has 0 aromatic heterocycles. The minimum absolute atomic E-state index is 0.0749. The SMILES string of the molecule is C=C(CO)C(=O)OCOc1cc(OCOC(=O)C(=C)CO)cc(-c2ccc(C3CCC(C4CCC(CCCCC)CC4)CC3)cc2CC)c1. The van der Waals surface area contributed by atoms with Crippen molar-refractivity contribution in [3.8, 4) is 22.6 Å². The summed E-state index contributed by atoms with van der Waals surface area (Å²) in [6.07, 6.45) is 17.2. The summed E-state index contributed by atoms with van der Waals surface area (Å²) < 4.78 is 21.6. The first-order chi connectivity index (χ1) is 23.8. The smallest absolute Gasteiger partial charge is 0.338 e. The van der Waals surface area contributed by atoms with Gasteiger partial charge in [0.25, 0.3) is 0 Å². The zero-order chi connectivity index (χ0) is 35.2. The molecule has 0 heterocycles. The Morgan fingerprint density at radius 1 is 0.735 bits per heavy atom. The summed E-state index contributed by atoms with van der Waals surface area (Å²) in [4.78, 5) is 23.9. The number of carbonyl (C=O) groups excluding carboxylic acids is 2. The molecule has 2 aliphatic carbocycles. The van der Waals surface area contributed by atoms with Crippen LogP contribution in [-0.4, -0.2) is 49.0 Å². The molecular weight excluding hydrogens is 620 g/mol. The second kappa shape index (κ2) is 19.5. The first-order valence-electron chi connectivity index (χ1n) is 18.2. The van der Waals surface area contributed by atoms with Crippen LogP contribution in [0.25, 0.3) is 11.1 Å². The van der Waals surface area contributed by atoms with Crippen LogP contribution in [0.5, 0.6) is 11.5 Å². The van der Waals surface area contributed by atoms with E-state index < -0.39 is 38.7 Å². The molecule has 268 valence electrons. The number of ether oxygens (including phenoxy) is 4. The highest BCUT2D eigenvalue weighted by molar-refractivity contribution is 5.88. The molecule has 2 aromatic carbocycles. The maximum absolute atomic E-state index is 11.9. The maximum atomic E-state index is 11.9. The van der Waals surface area contributed by atoms with Crippen LogP contribution in [0, 0.1) is 17.8 Å². The molecular formula is C41H56O8. The van der Waals surface area contributed by atoms with Crippen molar-refractivity contribution in [1.29, 1.82) is 0 Å². The van der Waals surface area contributed by atoms with E-state index in [1.165, 1.54) is 88.2 Å². The van der Waals surface area contributed by atoms with Gasteiger partial charge in [-0.1, -0.05) is 83.7 Å². The number of unbranched alkanes of at least 4 members (excludes halogenated alkanes) is 2. The predicted molar refractivity (Wildman–Crippen MR) is 191 cm³/mol. The summed E-state index contributed by atoms with van der Waals surface area (Å²) in [6.45, 7) is 9.57. The zero-order valence-corrected chi connectivity index (χ0v) is 29.6. The zero-order valence-electron chi connectivity index (χ0n) is 29.6. The number of esters is 2. The lowest BCUT2D eigenvalue weighted by Crippen LogP contribution is -2.25. The normalized spacial score (nSPS) is 20.7. The molecule has 0 bridgehead atoms. The molecule has 0 radical (unpaired) electrons. The van der Waals surface area contributed by atoms with Crippen molar-refractivity contribution >= 4 is 11.9 Å². The van der Waals surface area contributed by atoms with E-state index in [4.69, 9.17) is 29.2 Å². The van der Waals surface area contributed by atoms with E-state index >= 15 is 0 Å². The third-order valence-electron chi connectivity index (χ3n) is 10.5. The lowest BCUT2D eigenvalue weighted by molar-refractivity contribution is -0.146. The van der Waals surface area contributed by atoms with E-state index in [0.29, 0.717) is 17.4 Å². The molecule has 49 heavy (non-hydrogen) atoms. The van der Waals surface area contributed by atoms with Gasteiger partial charge in [-0.3, -0.25) is 0 Å². The molecule has 8 nitrogen and oxygen atoms in total. The molecule has 4 rings (SSSR count). The van der Waals surface area contributed by atoms with Crippen LogP contribution in [-0.2, 0) is 25.5 Å². The first kappa shape index (κ1) is 38.2. The number of aliphatic hydroxyl groups is 2. The topological polar surface area (TPSA) is 112 Å². The summed E-state index contributed by atoms with van der Waals surface area (Å²) in [5.41, 5.74) is 4.32. The van der Waals surface area contributed by atoms with Gasteiger partial charge in [0, 0.05) is 6.07 Å². The average Bonchev–Trinajstić information content (AvgIpc) is 3.14. The van der Waals surface area contributed by atoms with Crippen molar-refractivity contribution in [1.82, 2.24) is 0 Å². The quantitative estimate of drug-likeness (QED) is 0.0701. The van der Waals surface area contributed by atoms with Gasteiger partial charge in [0.2, 0.25) is 13.6 Å². The van der Waals surface area contributed by atoms with Crippen molar-refractivity contribution in [2.75, 3.05) is 26.8 Å². The van der Waals surface area contributed by atoms with Crippen molar-refractivity contribution in [2.24, 2.45) is 17.8 Å². The van der Waals surface area contributed by atoms with Crippen LogP contribution in [0.1, 0.15) is 108 Å². The standard InChI is InChI=1S/C41H56O8/c1-5-7-8-9-30-10-12-32(13-11-30)33-14-16-34(17-15-33)35-18-19-39(31(6-2)20-35)36-21-37(46-26-48-40(44)28(3)24-42)23-38(22-36)47-27-49-41(45)29(4)25-43/h18-23,30,32-34,42-43H,3-17,24-27H2,1-2H3. The lowest BCUT2D eigenvalue weighted by atomic mass is 9.68. The number of hydrogen-bond acceptors (Lipinski definition) is 8. The van der Waals surface area contributed by atoms with Crippen molar-refractivity contribution in [3.63, 3.8) is 0 Å². The van der Waals surface area contributed by atoms with Gasteiger partial charge in [-0.25, -0.2) is 9.59 Å². The molecule has 0 aliphatic heterocycles. The largest absolute Gasteiger partial charge is 0.457 e. The molecule has 0 amide bonds. The minimum atomic E-state index is -0.755. The lowest BCUT2D eigenvalue weighted by Gasteiger charge is -2.38. The molecule has 2 saturated carbocycles. The van der Waals surface area contributed by atoms with Crippen LogP contribution in [0.2, 0.25) is 0 Å². The monoisotopic (exact) mass is 676 g/mol. The average molecular weight is 677 g/mol. The van der Waals surface area contributed by atoms with Gasteiger partial charge < -0.3 is 29.2 Å². The molecule has 2 N–H and O–H groups in total. The minimum Gasteiger partial charge on any atom is -0.457 e. The number of aryl methyl sites for hydroxylation is 1. The van der Waals surface area contributed by atoms with E-state index in [9.17, 15) is 9.59 Å². The Balaban J connectivity index is 1.43. The molecule has 0 saturated heterocycles. The number of aliphatic hydroxyl groups excluding tert-OH is 2. The molecule has 0 spiro atoms. The summed E-state index contributed by atoms with van der Waals surface area (Å²) in [6, 6.07) is 12.1. The highest BCUT2D eigenvalue weighted by Crippen LogP contribution is 2.45. The number of hydrogen-bond donors (Lipinski definition) is 2. The second-order valence-corrected chi connectivity index (χ2v) is 13.8. The molecule has 0 unspecified atom stereocenters. The molecule has 8 heteroatoms. The van der Waals surface area contributed by atoms with Gasteiger partial charge in [0.1, 0.15) is 11.5 Å². The number of benzene rings is 2. The molecule has 2 aliphatic rings. The fourth-order valence-electron chi connectivity index (χ4n) is 7.53. The van der Waals surface area contributed by atoms with E-state index in [0.717, 1.165) is 35.3 Å². The number of rotatable bonds is 18. The van der Waals surface area contributed by atoms with Gasteiger partial charge in [-0.2, -0.15) is 0 Å². The van der Waals surface area contributed by atoms with Gasteiger partial charge >= 0.3 is 11.9 Å². The predicted octanol–water partition coefficient (Wildman–Crippen LogP) is 8.43. The first-order valence-corrected chi connectivity index (χ1v) is 18.2. The Kier molecular flexibility index (Phi) is 15.2. The van der Waals surface area contributed by atoms with Crippen LogP contribution in [0.4, 0.5) is 0 Å². The Hall–Kier alpha value is -3.62. The number of carbonyl (C=O) groups is 2. The van der Waals surface area contributed by atoms with Crippen LogP contribution >= 0.6 is 0 Å². The summed E-state index contributed by atoms with van der Waals surface area (Å²) >= 11 is 0. The Morgan fingerprint density at radius 3 is 1.80 bits per heavy atom. The van der Waals surface area contributed by atoms with Gasteiger partial charge in [-0.15, -0.1) is 0 Å². The second-order valence-electron chi connectivity index (χ2n) is 13.8. The Bertz CT molecular complexity index is 1350. The Morgan fingerprint density at radius 2 is 1.29 bits per heavy atom. The van der Waals surface area contributed by atoms with Crippen molar-refractivity contribution in [3.05, 3.63) is 71.8 Å². The van der Waals surface area contributed by atoms with E-state index in [-0.39, 0.29) is 11.1 Å². The molecule has 0 atom stereocenters. The van der Waals surface area contributed by atoms with Crippen LogP contribution in [0.15, 0.2) is 60.7 Å².